The number of anilines is 2. The van der Waals surface area contributed by atoms with Gasteiger partial charge in [-0.2, -0.15) is 0 Å². The summed E-state index contributed by atoms with van der Waals surface area (Å²) in [6.07, 6.45) is 2.70. The lowest BCUT2D eigenvalue weighted by Crippen LogP contribution is -1.98. The maximum atomic E-state index is 11.4. The SMILES string of the molecule is CS(=O)(=O)c1ccc(Nc2ncnc3sccc23)cc1. The van der Waals surface area contributed by atoms with Crippen LogP contribution in [-0.4, -0.2) is 24.6 Å². The Morgan fingerprint density at radius 3 is 2.55 bits per heavy atom. The molecule has 0 atom stereocenters. The molecule has 1 aromatic carbocycles. The summed E-state index contributed by atoms with van der Waals surface area (Å²) < 4.78 is 22.8. The molecule has 0 fully saturated rings. The van der Waals surface area contributed by atoms with Gasteiger partial charge < -0.3 is 5.32 Å². The first kappa shape index (κ1) is 13.0. The number of rotatable bonds is 3. The molecule has 0 spiro atoms. The zero-order valence-electron chi connectivity index (χ0n) is 10.6. The highest BCUT2D eigenvalue weighted by Crippen LogP contribution is 2.26. The van der Waals surface area contributed by atoms with Gasteiger partial charge in [0.2, 0.25) is 0 Å². The minimum absolute atomic E-state index is 0.298. The predicted molar refractivity (Wildman–Crippen MR) is 80.2 cm³/mol. The molecule has 3 rings (SSSR count). The first-order chi connectivity index (χ1) is 9.54. The molecular weight excluding hydrogens is 294 g/mol. The molecule has 0 aliphatic rings. The standard InChI is InChI=1S/C13H11N3O2S2/c1-20(17,18)10-4-2-9(3-5-10)16-12-11-6-7-19-13(11)15-8-14-12/h2-8H,1H3,(H,14,15,16). The molecule has 0 aliphatic heterocycles. The average Bonchev–Trinajstić information content (AvgIpc) is 2.88. The van der Waals surface area contributed by atoms with Crippen molar-refractivity contribution in [1.82, 2.24) is 9.97 Å². The zero-order chi connectivity index (χ0) is 14.2. The van der Waals surface area contributed by atoms with E-state index in [1.807, 2.05) is 11.4 Å². The van der Waals surface area contributed by atoms with Crippen molar-refractivity contribution in [2.75, 3.05) is 11.6 Å². The van der Waals surface area contributed by atoms with Crippen LogP contribution >= 0.6 is 11.3 Å². The summed E-state index contributed by atoms with van der Waals surface area (Å²) in [7, 11) is -3.17. The van der Waals surface area contributed by atoms with Gasteiger partial charge in [-0.1, -0.05) is 0 Å². The van der Waals surface area contributed by atoms with Gasteiger partial charge >= 0.3 is 0 Å². The van der Waals surface area contributed by atoms with Crippen molar-refractivity contribution in [3.05, 3.63) is 42.0 Å². The minimum Gasteiger partial charge on any atom is -0.340 e. The molecule has 0 unspecified atom stereocenters. The van der Waals surface area contributed by atoms with Gasteiger partial charge in [0.05, 0.1) is 10.3 Å². The fourth-order valence-electron chi connectivity index (χ4n) is 1.81. The largest absolute Gasteiger partial charge is 0.340 e. The van der Waals surface area contributed by atoms with Crippen LogP contribution in [0, 0.1) is 0 Å². The van der Waals surface area contributed by atoms with Gasteiger partial charge in [0, 0.05) is 11.9 Å². The van der Waals surface area contributed by atoms with Crippen LogP contribution < -0.4 is 5.32 Å². The Morgan fingerprint density at radius 1 is 1.10 bits per heavy atom. The highest BCUT2D eigenvalue weighted by molar-refractivity contribution is 7.90. The number of benzene rings is 1. The van der Waals surface area contributed by atoms with E-state index >= 15 is 0 Å². The van der Waals surface area contributed by atoms with Crippen LogP contribution in [0.1, 0.15) is 0 Å². The molecule has 7 heteroatoms. The molecule has 0 saturated heterocycles. The molecule has 0 amide bonds. The molecule has 1 N–H and O–H groups in total. The van der Waals surface area contributed by atoms with E-state index in [0.29, 0.717) is 10.7 Å². The summed E-state index contributed by atoms with van der Waals surface area (Å²) in [6.45, 7) is 0. The minimum atomic E-state index is -3.17. The van der Waals surface area contributed by atoms with Gasteiger partial charge in [-0.15, -0.1) is 11.3 Å². The normalized spacial score (nSPS) is 11.7. The maximum absolute atomic E-state index is 11.4. The van der Waals surface area contributed by atoms with E-state index in [1.165, 1.54) is 12.6 Å². The Balaban J connectivity index is 1.93. The molecule has 3 aromatic rings. The highest BCUT2D eigenvalue weighted by Gasteiger charge is 2.08. The van der Waals surface area contributed by atoms with Crippen LogP contribution in [0.3, 0.4) is 0 Å². The third kappa shape index (κ3) is 2.50. The molecule has 0 aliphatic carbocycles. The van der Waals surface area contributed by atoms with Gasteiger partial charge in [0.1, 0.15) is 17.0 Å². The number of aromatic nitrogens is 2. The van der Waals surface area contributed by atoms with E-state index in [9.17, 15) is 8.42 Å². The second kappa shape index (κ2) is 4.84. The van der Waals surface area contributed by atoms with Crippen molar-refractivity contribution in [3.8, 4) is 0 Å². The van der Waals surface area contributed by atoms with E-state index in [0.717, 1.165) is 15.9 Å². The van der Waals surface area contributed by atoms with E-state index in [-0.39, 0.29) is 0 Å². The number of fused-ring (bicyclic) bond motifs is 1. The van der Waals surface area contributed by atoms with E-state index in [4.69, 9.17) is 0 Å². The van der Waals surface area contributed by atoms with Crippen molar-refractivity contribution >= 4 is 42.9 Å². The van der Waals surface area contributed by atoms with Crippen LogP contribution in [0.4, 0.5) is 11.5 Å². The summed E-state index contributed by atoms with van der Waals surface area (Å²) in [6, 6.07) is 8.54. The molecule has 0 bridgehead atoms. The lowest BCUT2D eigenvalue weighted by Gasteiger charge is -2.07. The topological polar surface area (TPSA) is 72.0 Å². The molecule has 5 nitrogen and oxygen atoms in total. The van der Waals surface area contributed by atoms with Crippen LogP contribution in [0.5, 0.6) is 0 Å². The van der Waals surface area contributed by atoms with E-state index in [1.54, 1.807) is 35.6 Å². The molecular formula is C13H11N3O2S2. The Kier molecular flexibility index (Phi) is 3.15. The summed E-state index contributed by atoms with van der Waals surface area (Å²) >= 11 is 1.55. The Hall–Kier alpha value is -1.99. The van der Waals surface area contributed by atoms with Crippen molar-refractivity contribution < 1.29 is 8.42 Å². The van der Waals surface area contributed by atoms with Crippen LogP contribution in [-0.2, 0) is 9.84 Å². The molecule has 0 saturated carbocycles. The Morgan fingerprint density at radius 2 is 1.85 bits per heavy atom. The fourth-order valence-corrected chi connectivity index (χ4v) is 3.18. The average molecular weight is 305 g/mol. The van der Waals surface area contributed by atoms with Crippen molar-refractivity contribution in [2.45, 2.75) is 4.90 Å². The third-order valence-electron chi connectivity index (χ3n) is 2.81. The first-order valence-corrected chi connectivity index (χ1v) is 8.56. The number of hydrogen-bond donors (Lipinski definition) is 1. The monoisotopic (exact) mass is 305 g/mol. The van der Waals surface area contributed by atoms with Gasteiger partial charge in [-0.3, -0.25) is 0 Å². The molecule has 0 radical (unpaired) electrons. The fraction of sp³-hybridized carbons (Fsp3) is 0.0769. The molecule has 2 heterocycles. The molecule has 2 aromatic heterocycles. The lowest BCUT2D eigenvalue weighted by atomic mass is 10.3. The predicted octanol–water partition coefficient (Wildman–Crippen LogP) is 2.84. The van der Waals surface area contributed by atoms with E-state index in [2.05, 4.69) is 15.3 Å². The van der Waals surface area contributed by atoms with Gasteiger partial charge in [0.15, 0.2) is 9.84 Å². The number of sulfone groups is 1. The van der Waals surface area contributed by atoms with E-state index < -0.39 is 9.84 Å². The maximum Gasteiger partial charge on any atom is 0.175 e. The van der Waals surface area contributed by atoms with Gasteiger partial charge in [-0.05, 0) is 35.7 Å². The van der Waals surface area contributed by atoms with Crippen LogP contribution in [0.2, 0.25) is 0 Å². The molecule has 20 heavy (non-hydrogen) atoms. The van der Waals surface area contributed by atoms with Crippen molar-refractivity contribution in [1.29, 1.82) is 0 Å². The first-order valence-electron chi connectivity index (χ1n) is 5.79. The smallest absolute Gasteiger partial charge is 0.175 e. The molecule has 102 valence electrons. The zero-order valence-corrected chi connectivity index (χ0v) is 12.2. The van der Waals surface area contributed by atoms with Crippen LogP contribution in [0.25, 0.3) is 10.2 Å². The quantitative estimate of drug-likeness (QED) is 0.805. The summed E-state index contributed by atoms with van der Waals surface area (Å²) in [4.78, 5) is 9.60. The second-order valence-corrected chi connectivity index (χ2v) is 7.19. The third-order valence-corrected chi connectivity index (χ3v) is 4.76. The summed E-state index contributed by atoms with van der Waals surface area (Å²) in [5.41, 5.74) is 0.781. The summed E-state index contributed by atoms with van der Waals surface area (Å²) in [5.74, 6) is 0.711. The second-order valence-electron chi connectivity index (χ2n) is 4.28. The number of nitrogens with zero attached hydrogens (tertiary/aromatic N) is 2. The van der Waals surface area contributed by atoms with Crippen molar-refractivity contribution in [3.63, 3.8) is 0 Å². The Labute approximate surface area is 120 Å². The van der Waals surface area contributed by atoms with Gasteiger partial charge in [0.25, 0.3) is 0 Å². The number of nitrogens with one attached hydrogen (secondary N) is 1. The van der Waals surface area contributed by atoms with Gasteiger partial charge in [-0.25, -0.2) is 18.4 Å². The van der Waals surface area contributed by atoms with Crippen molar-refractivity contribution in [2.24, 2.45) is 0 Å². The van der Waals surface area contributed by atoms with Crippen LogP contribution in [0.15, 0.2) is 46.9 Å². The number of hydrogen-bond acceptors (Lipinski definition) is 6. The number of thiophene rings is 1. The Bertz CT molecular complexity index is 855. The highest BCUT2D eigenvalue weighted by atomic mass is 32.2. The summed E-state index contributed by atoms with van der Waals surface area (Å²) in [5, 5.41) is 6.08. The lowest BCUT2D eigenvalue weighted by molar-refractivity contribution is 0.602.